The lowest BCUT2D eigenvalue weighted by molar-refractivity contribution is -0.116. The lowest BCUT2D eigenvalue weighted by Gasteiger charge is -2.05. The number of methoxy groups -OCH3 is 1. The van der Waals surface area contributed by atoms with Gasteiger partial charge in [-0.05, 0) is 13.0 Å². The quantitative estimate of drug-likeness (QED) is 0.746. The van der Waals surface area contributed by atoms with E-state index in [2.05, 4.69) is 0 Å². The van der Waals surface area contributed by atoms with Crippen LogP contribution in [-0.2, 0) is 11.2 Å². The van der Waals surface area contributed by atoms with E-state index >= 15 is 0 Å². The Bertz CT molecular complexity index is 361. The zero-order chi connectivity index (χ0) is 10.7. The summed E-state index contributed by atoms with van der Waals surface area (Å²) in [5.41, 5.74) is 0.0225. The van der Waals surface area contributed by atoms with Crippen molar-refractivity contribution in [3.63, 3.8) is 0 Å². The third-order valence-corrected chi connectivity index (χ3v) is 1.75. The maximum Gasteiger partial charge on any atom is 0.162 e. The Labute approximate surface area is 80.5 Å². The number of hydrogen-bond donors (Lipinski definition) is 0. The highest BCUT2D eigenvalue weighted by Gasteiger charge is 2.12. The summed E-state index contributed by atoms with van der Waals surface area (Å²) < 4.78 is 30.8. The maximum absolute atomic E-state index is 13.1. The van der Waals surface area contributed by atoms with Gasteiger partial charge in [-0.3, -0.25) is 4.79 Å². The summed E-state index contributed by atoms with van der Waals surface area (Å²) in [5.74, 6) is -2.00. The number of hydrogen-bond acceptors (Lipinski definition) is 2. The number of rotatable bonds is 3. The minimum atomic E-state index is -0.999. The fraction of sp³-hybridized carbons (Fsp3) is 0.300. The van der Waals surface area contributed by atoms with Crippen molar-refractivity contribution in [3.8, 4) is 5.75 Å². The number of benzene rings is 1. The molecule has 76 valence electrons. The van der Waals surface area contributed by atoms with Crippen molar-refractivity contribution in [1.29, 1.82) is 0 Å². The topological polar surface area (TPSA) is 26.3 Å². The summed E-state index contributed by atoms with van der Waals surface area (Å²) >= 11 is 0. The smallest absolute Gasteiger partial charge is 0.162 e. The Hall–Kier alpha value is -1.45. The van der Waals surface area contributed by atoms with Gasteiger partial charge >= 0.3 is 0 Å². The molecule has 0 aliphatic heterocycles. The monoisotopic (exact) mass is 200 g/mol. The first-order valence-corrected chi connectivity index (χ1v) is 4.06. The average Bonchev–Trinajstić information content (AvgIpc) is 2.11. The standard InChI is InChI=1S/C10H10F2O2/c1-6(13)3-7-4-8(14-2)5-9(11)10(7)12/h4-5H,3H2,1-2H3. The van der Waals surface area contributed by atoms with Crippen LogP contribution in [0.2, 0.25) is 0 Å². The Morgan fingerprint density at radius 3 is 2.57 bits per heavy atom. The maximum atomic E-state index is 13.1. The highest BCUT2D eigenvalue weighted by molar-refractivity contribution is 5.78. The molecule has 0 spiro atoms. The molecular weight excluding hydrogens is 190 g/mol. The number of carbonyl (C=O) groups is 1. The van der Waals surface area contributed by atoms with Gasteiger partial charge in [-0.25, -0.2) is 8.78 Å². The molecule has 0 fully saturated rings. The van der Waals surface area contributed by atoms with Crippen LogP contribution in [-0.4, -0.2) is 12.9 Å². The zero-order valence-electron chi connectivity index (χ0n) is 7.93. The van der Waals surface area contributed by atoms with Crippen LogP contribution in [0.25, 0.3) is 0 Å². The third-order valence-electron chi connectivity index (χ3n) is 1.75. The van der Waals surface area contributed by atoms with Crippen LogP contribution in [0.15, 0.2) is 12.1 Å². The molecule has 0 saturated carbocycles. The Balaban J connectivity index is 3.13. The molecule has 14 heavy (non-hydrogen) atoms. The first-order chi connectivity index (χ1) is 6.54. The Morgan fingerprint density at radius 2 is 2.07 bits per heavy atom. The van der Waals surface area contributed by atoms with Crippen molar-refractivity contribution in [3.05, 3.63) is 29.3 Å². The lowest BCUT2D eigenvalue weighted by Crippen LogP contribution is -2.02. The predicted molar refractivity (Wildman–Crippen MR) is 47.3 cm³/mol. The van der Waals surface area contributed by atoms with Gasteiger partial charge in [0.25, 0.3) is 0 Å². The van der Waals surface area contributed by atoms with Crippen LogP contribution in [0.1, 0.15) is 12.5 Å². The SMILES string of the molecule is COc1cc(F)c(F)c(CC(C)=O)c1. The summed E-state index contributed by atoms with van der Waals surface area (Å²) in [6.45, 7) is 1.32. The van der Waals surface area contributed by atoms with E-state index in [0.29, 0.717) is 0 Å². The number of halogens is 2. The number of ether oxygens (including phenoxy) is 1. The van der Waals surface area contributed by atoms with E-state index < -0.39 is 11.6 Å². The minimum absolute atomic E-state index is 0.0225. The highest BCUT2D eigenvalue weighted by atomic mass is 19.2. The molecule has 0 saturated heterocycles. The largest absolute Gasteiger partial charge is 0.497 e. The van der Waals surface area contributed by atoms with Gasteiger partial charge in [0.15, 0.2) is 11.6 Å². The van der Waals surface area contributed by atoms with Gasteiger partial charge in [0.1, 0.15) is 11.5 Å². The van der Waals surface area contributed by atoms with Crippen molar-refractivity contribution in [2.24, 2.45) is 0 Å². The molecule has 1 aromatic carbocycles. The molecule has 2 nitrogen and oxygen atoms in total. The second-order valence-electron chi connectivity index (χ2n) is 2.96. The van der Waals surface area contributed by atoms with Crippen molar-refractivity contribution < 1.29 is 18.3 Å². The molecule has 1 rings (SSSR count). The molecule has 0 atom stereocenters. The summed E-state index contributed by atoms with van der Waals surface area (Å²) in [7, 11) is 1.35. The summed E-state index contributed by atoms with van der Waals surface area (Å²) in [6, 6.07) is 2.26. The van der Waals surface area contributed by atoms with Crippen molar-refractivity contribution in [2.75, 3.05) is 7.11 Å². The van der Waals surface area contributed by atoms with Gasteiger partial charge in [-0.15, -0.1) is 0 Å². The van der Waals surface area contributed by atoms with E-state index in [1.165, 1.54) is 20.1 Å². The van der Waals surface area contributed by atoms with Crippen LogP contribution in [0.5, 0.6) is 5.75 Å². The van der Waals surface area contributed by atoms with Crippen LogP contribution in [0.4, 0.5) is 8.78 Å². The molecular formula is C10H10F2O2. The van der Waals surface area contributed by atoms with Gasteiger partial charge in [-0.2, -0.15) is 0 Å². The van der Waals surface area contributed by atoms with Gasteiger partial charge in [0, 0.05) is 18.1 Å². The predicted octanol–water partition coefficient (Wildman–Crippen LogP) is 2.10. The first kappa shape index (κ1) is 10.6. The van der Waals surface area contributed by atoms with Crippen LogP contribution >= 0.6 is 0 Å². The first-order valence-electron chi connectivity index (χ1n) is 4.06. The van der Waals surface area contributed by atoms with Crippen molar-refractivity contribution >= 4 is 5.78 Å². The summed E-state index contributed by atoms with van der Waals surface area (Å²) in [4.78, 5) is 10.7. The molecule has 0 amide bonds. The van der Waals surface area contributed by atoms with E-state index in [9.17, 15) is 13.6 Å². The number of Topliss-reactive ketones (excluding diaryl/α,β-unsaturated/α-hetero) is 1. The van der Waals surface area contributed by atoms with Gasteiger partial charge in [0.2, 0.25) is 0 Å². The summed E-state index contributed by atoms with van der Waals surface area (Å²) in [6.07, 6.45) is -0.125. The van der Waals surface area contributed by atoms with E-state index in [1.54, 1.807) is 0 Å². The molecule has 0 bridgehead atoms. The van der Waals surface area contributed by atoms with E-state index in [4.69, 9.17) is 4.74 Å². The molecule has 0 unspecified atom stereocenters. The summed E-state index contributed by atoms with van der Waals surface area (Å²) in [5, 5.41) is 0. The Kier molecular flexibility index (Phi) is 3.17. The molecule has 0 aliphatic rings. The van der Waals surface area contributed by atoms with Crippen LogP contribution < -0.4 is 4.74 Å². The molecule has 0 N–H and O–H groups in total. The molecule has 4 heteroatoms. The molecule has 0 aliphatic carbocycles. The molecule has 0 radical (unpaired) electrons. The molecule has 0 heterocycles. The molecule has 0 aromatic heterocycles. The fourth-order valence-corrected chi connectivity index (χ4v) is 1.13. The number of carbonyl (C=O) groups excluding carboxylic acids is 1. The normalized spacial score (nSPS) is 10.0. The van der Waals surface area contributed by atoms with Gasteiger partial charge in [-0.1, -0.05) is 0 Å². The van der Waals surface area contributed by atoms with Crippen molar-refractivity contribution in [2.45, 2.75) is 13.3 Å². The van der Waals surface area contributed by atoms with E-state index in [0.717, 1.165) is 6.07 Å². The van der Waals surface area contributed by atoms with E-state index in [1.807, 2.05) is 0 Å². The van der Waals surface area contributed by atoms with Crippen LogP contribution in [0.3, 0.4) is 0 Å². The fourth-order valence-electron chi connectivity index (χ4n) is 1.13. The van der Waals surface area contributed by atoms with E-state index in [-0.39, 0.29) is 23.5 Å². The average molecular weight is 200 g/mol. The van der Waals surface area contributed by atoms with Gasteiger partial charge < -0.3 is 4.74 Å². The van der Waals surface area contributed by atoms with Crippen molar-refractivity contribution in [1.82, 2.24) is 0 Å². The molecule has 1 aromatic rings. The highest BCUT2D eigenvalue weighted by Crippen LogP contribution is 2.20. The lowest BCUT2D eigenvalue weighted by atomic mass is 10.1. The second kappa shape index (κ2) is 4.17. The third kappa shape index (κ3) is 2.28. The number of ketones is 1. The van der Waals surface area contributed by atoms with Gasteiger partial charge in [0.05, 0.1) is 7.11 Å². The Morgan fingerprint density at radius 1 is 1.43 bits per heavy atom. The zero-order valence-corrected chi connectivity index (χ0v) is 7.93. The minimum Gasteiger partial charge on any atom is -0.497 e. The van der Waals surface area contributed by atoms with Crippen LogP contribution in [0, 0.1) is 11.6 Å². The second-order valence-corrected chi connectivity index (χ2v) is 2.96.